The predicted octanol–water partition coefficient (Wildman–Crippen LogP) is 1.20. The van der Waals surface area contributed by atoms with Gasteiger partial charge in [-0.1, -0.05) is 0 Å². The molecule has 0 aliphatic carbocycles. The van der Waals surface area contributed by atoms with E-state index in [-0.39, 0.29) is 11.9 Å². The molecule has 2 aromatic heterocycles. The van der Waals surface area contributed by atoms with E-state index < -0.39 is 10.0 Å². The van der Waals surface area contributed by atoms with E-state index in [9.17, 15) is 13.2 Å². The SMILES string of the molecule is CS(=O)(=O)NCC[C@H]1CCCCN1C(=O)c1ccc(-n2ccnc2)nc1. The van der Waals surface area contributed by atoms with Crippen LogP contribution < -0.4 is 4.72 Å². The maximum atomic E-state index is 12.9. The monoisotopic (exact) mass is 377 g/mol. The Morgan fingerprint density at radius 3 is 2.85 bits per heavy atom. The zero-order valence-electron chi connectivity index (χ0n) is 14.7. The summed E-state index contributed by atoms with van der Waals surface area (Å²) >= 11 is 0. The number of rotatable bonds is 6. The Bertz CT molecular complexity index is 834. The molecule has 0 bridgehead atoms. The first-order chi connectivity index (χ1) is 12.4. The van der Waals surface area contributed by atoms with E-state index in [0.29, 0.717) is 30.9 Å². The third-order valence-electron chi connectivity index (χ3n) is 4.49. The summed E-state index contributed by atoms with van der Waals surface area (Å²) in [5.41, 5.74) is 0.539. The Kier molecular flexibility index (Phi) is 5.67. The first-order valence-electron chi connectivity index (χ1n) is 8.64. The highest BCUT2D eigenvalue weighted by Gasteiger charge is 2.27. The molecule has 9 heteroatoms. The molecule has 0 unspecified atom stereocenters. The molecule has 1 aliphatic heterocycles. The fourth-order valence-corrected chi connectivity index (χ4v) is 3.69. The van der Waals surface area contributed by atoms with Crippen molar-refractivity contribution in [3.8, 4) is 5.82 Å². The van der Waals surface area contributed by atoms with E-state index in [1.54, 1.807) is 41.6 Å². The fraction of sp³-hybridized carbons (Fsp3) is 0.471. The van der Waals surface area contributed by atoms with Crippen LogP contribution in [0.1, 0.15) is 36.0 Å². The average Bonchev–Trinajstić information content (AvgIpc) is 3.15. The van der Waals surface area contributed by atoms with Crippen molar-refractivity contribution in [2.24, 2.45) is 0 Å². The van der Waals surface area contributed by atoms with E-state index in [1.165, 1.54) is 0 Å². The molecule has 1 amide bonds. The molecular formula is C17H23N5O3S. The summed E-state index contributed by atoms with van der Waals surface area (Å²) in [4.78, 5) is 23.1. The molecule has 3 heterocycles. The van der Waals surface area contributed by atoms with Crippen molar-refractivity contribution in [2.45, 2.75) is 31.7 Å². The van der Waals surface area contributed by atoms with Crippen molar-refractivity contribution < 1.29 is 13.2 Å². The third-order valence-corrected chi connectivity index (χ3v) is 5.22. The van der Waals surface area contributed by atoms with Gasteiger partial charge >= 0.3 is 0 Å². The number of aromatic nitrogens is 3. The second-order valence-corrected chi connectivity index (χ2v) is 8.31. The highest BCUT2D eigenvalue weighted by atomic mass is 32.2. The number of nitrogens with zero attached hydrogens (tertiary/aromatic N) is 4. The van der Waals surface area contributed by atoms with Crippen molar-refractivity contribution in [3.05, 3.63) is 42.6 Å². The summed E-state index contributed by atoms with van der Waals surface area (Å²) in [6, 6.07) is 3.60. The van der Waals surface area contributed by atoms with Crippen LogP contribution in [0.15, 0.2) is 37.1 Å². The lowest BCUT2D eigenvalue weighted by Gasteiger charge is -2.36. The average molecular weight is 377 g/mol. The van der Waals surface area contributed by atoms with Crippen LogP contribution in [-0.4, -0.2) is 59.1 Å². The number of nitrogens with one attached hydrogen (secondary N) is 1. The highest BCUT2D eigenvalue weighted by molar-refractivity contribution is 7.88. The Labute approximate surface area is 153 Å². The molecule has 0 saturated carbocycles. The Morgan fingerprint density at radius 1 is 1.35 bits per heavy atom. The first-order valence-corrected chi connectivity index (χ1v) is 10.5. The standard InChI is InChI=1S/C17H23N5O3S/c1-26(24,25)20-8-7-15-4-2-3-10-22(15)17(23)14-5-6-16(19-12-14)21-11-9-18-13-21/h5-6,9,11-13,15,20H,2-4,7-8,10H2,1H3/t15-/m1/s1. The smallest absolute Gasteiger partial charge is 0.255 e. The van der Waals surface area contributed by atoms with Crippen molar-refractivity contribution in [3.63, 3.8) is 0 Å². The van der Waals surface area contributed by atoms with E-state index >= 15 is 0 Å². The zero-order chi connectivity index (χ0) is 18.6. The minimum atomic E-state index is -3.21. The molecule has 8 nitrogen and oxygen atoms in total. The highest BCUT2D eigenvalue weighted by Crippen LogP contribution is 2.22. The quantitative estimate of drug-likeness (QED) is 0.816. The predicted molar refractivity (Wildman–Crippen MR) is 97.5 cm³/mol. The van der Waals surface area contributed by atoms with Crippen LogP contribution in [0.2, 0.25) is 0 Å². The summed E-state index contributed by atoms with van der Waals surface area (Å²) < 4.78 is 26.7. The molecule has 2 aromatic rings. The van der Waals surface area contributed by atoms with Gasteiger partial charge in [0.2, 0.25) is 10.0 Å². The number of carbonyl (C=O) groups is 1. The first kappa shape index (κ1) is 18.5. The number of sulfonamides is 1. The van der Waals surface area contributed by atoms with Gasteiger partial charge in [0.1, 0.15) is 12.1 Å². The van der Waals surface area contributed by atoms with Crippen LogP contribution >= 0.6 is 0 Å². The number of amides is 1. The van der Waals surface area contributed by atoms with Gasteiger partial charge in [-0.05, 0) is 37.8 Å². The van der Waals surface area contributed by atoms with Crippen molar-refractivity contribution >= 4 is 15.9 Å². The lowest BCUT2D eigenvalue weighted by atomic mass is 9.98. The Hall–Kier alpha value is -2.26. The second-order valence-electron chi connectivity index (χ2n) is 6.48. The number of carbonyl (C=O) groups excluding carboxylic acids is 1. The van der Waals surface area contributed by atoms with Crippen LogP contribution in [-0.2, 0) is 10.0 Å². The molecule has 1 N–H and O–H groups in total. The van der Waals surface area contributed by atoms with Gasteiger partial charge in [0.25, 0.3) is 5.91 Å². The minimum absolute atomic E-state index is 0.0406. The fourth-order valence-electron chi connectivity index (χ4n) is 3.20. The van der Waals surface area contributed by atoms with Gasteiger partial charge in [0.05, 0.1) is 11.8 Å². The molecule has 26 heavy (non-hydrogen) atoms. The van der Waals surface area contributed by atoms with Crippen LogP contribution in [0.3, 0.4) is 0 Å². The lowest BCUT2D eigenvalue weighted by Crippen LogP contribution is -2.45. The Morgan fingerprint density at radius 2 is 2.19 bits per heavy atom. The minimum Gasteiger partial charge on any atom is -0.336 e. The summed E-state index contributed by atoms with van der Waals surface area (Å²) in [7, 11) is -3.21. The van der Waals surface area contributed by atoms with Crippen molar-refractivity contribution in [2.75, 3.05) is 19.3 Å². The van der Waals surface area contributed by atoms with Gasteiger partial charge in [-0.3, -0.25) is 9.36 Å². The van der Waals surface area contributed by atoms with Gasteiger partial charge in [-0.15, -0.1) is 0 Å². The zero-order valence-corrected chi connectivity index (χ0v) is 15.5. The van der Waals surface area contributed by atoms with Crippen LogP contribution in [0.5, 0.6) is 0 Å². The lowest BCUT2D eigenvalue weighted by molar-refractivity contribution is 0.0603. The van der Waals surface area contributed by atoms with Gasteiger partial charge in [0, 0.05) is 37.7 Å². The number of hydrogen-bond donors (Lipinski definition) is 1. The molecule has 140 valence electrons. The maximum absolute atomic E-state index is 12.9. The largest absolute Gasteiger partial charge is 0.336 e. The molecule has 1 atom stereocenters. The van der Waals surface area contributed by atoms with Crippen molar-refractivity contribution in [1.29, 1.82) is 0 Å². The number of hydrogen-bond acceptors (Lipinski definition) is 5. The Balaban J connectivity index is 1.67. The van der Waals surface area contributed by atoms with E-state index in [1.807, 2.05) is 4.90 Å². The van der Waals surface area contributed by atoms with Gasteiger partial charge in [0.15, 0.2) is 0 Å². The molecule has 1 fully saturated rings. The number of likely N-dealkylation sites (tertiary alicyclic amines) is 1. The summed E-state index contributed by atoms with van der Waals surface area (Å²) in [6.45, 7) is 1.02. The summed E-state index contributed by atoms with van der Waals surface area (Å²) in [6.07, 6.45) is 11.3. The molecular weight excluding hydrogens is 354 g/mol. The van der Waals surface area contributed by atoms with E-state index in [0.717, 1.165) is 25.5 Å². The molecule has 0 radical (unpaired) electrons. The van der Waals surface area contributed by atoms with Crippen LogP contribution in [0.4, 0.5) is 0 Å². The molecule has 0 aromatic carbocycles. The van der Waals surface area contributed by atoms with Crippen molar-refractivity contribution in [1.82, 2.24) is 24.2 Å². The van der Waals surface area contributed by atoms with E-state index in [2.05, 4.69) is 14.7 Å². The normalized spacial score (nSPS) is 18.0. The topological polar surface area (TPSA) is 97.2 Å². The van der Waals surface area contributed by atoms with E-state index in [4.69, 9.17) is 0 Å². The van der Waals surface area contributed by atoms with Gasteiger partial charge in [-0.2, -0.15) is 0 Å². The number of pyridine rings is 1. The maximum Gasteiger partial charge on any atom is 0.255 e. The van der Waals surface area contributed by atoms with Gasteiger partial charge in [-0.25, -0.2) is 23.1 Å². The van der Waals surface area contributed by atoms with Gasteiger partial charge < -0.3 is 4.90 Å². The van der Waals surface area contributed by atoms with Crippen LogP contribution in [0.25, 0.3) is 5.82 Å². The molecule has 1 aliphatic rings. The summed E-state index contributed by atoms with van der Waals surface area (Å²) in [5.74, 6) is 0.644. The number of imidazole rings is 1. The molecule has 0 spiro atoms. The molecule has 1 saturated heterocycles. The summed E-state index contributed by atoms with van der Waals surface area (Å²) in [5, 5.41) is 0. The second kappa shape index (κ2) is 7.96. The number of piperidine rings is 1. The molecule has 3 rings (SSSR count). The van der Waals surface area contributed by atoms with Crippen LogP contribution in [0, 0.1) is 0 Å². The third kappa shape index (κ3) is 4.67.